The monoisotopic (exact) mass is 318 g/mol. The molecule has 0 amide bonds. The van der Waals surface area contributed by atoms with Crippen LogP contribution in [0.4, 0.5) is 0 Å². The summed E-state index contributed by atoms with van der Waals surface area (Å²) in [7, 11) is 1.72. The minimum atomic E-state index is 0.134. The van der Waals surface area contributed by atoms with Crippen molar-refractivity contribution in [3.63, 3.8) is 0 Å². The van der Waals surface area contributed by atoms with Crippen LogP contribution in [0.5, 0.6) is 5.75 Å². The average Bonchev–Trinajstić information content (AvgIpc) is 2.31. The maximum atomic E-state index is 6.07. The number of hydrogen-bond donors (Lipinski definition) is 0. The van der Waals surface area contributed by atoms with Gasteiger partial charge in [-0.05, 0) is 30.2 Å². The molecule has 1 aliphatic rings. The van der Waals surface area contributed by atoms with E-state index in [-0.39, 0.29) is 12.2 Å². The third-order valence-corrected chi connectivity index (χ3v) is 4.40. The molecule has 17 heavy (non-hydrogen) atoms. The Hall–Kier alpha value is -0.250. The lowest BCUT2D eigenvalue weighted by Crippen LogP contribution is -2.51. The number of ether oxygens (including phenoxy) is 2. The molecule has 1 fully saturated rings. The van der Waals surface area contributed by atoms with Crippen molar-refractivity contribution in [1.29, 1.82) is 0 Å². The van der Waals surface area contributed by atoms with Gasteiger partial charge in [-0.15, -0.1) is 0 Å². The summed E-state index contributed by atoms with van der Waals surface area (Å²) in [6.07, 6.45) is 2.16. The Morgan fingerprint density at radius 1 is 1.47 bits per heavy atom. The Morgan fingerprint density at radius 2 is 2.24 bits per heavy atom. The van der Waals surface area contributed by atoms with Gasteiger partial charge in [0.15, 0.2) is 0 Å². The summed E-state index contributed by atoms with van der Waals surface area (Å²) >= 11 is 9.63. The summed E-state index contributed by atoms with van der Waals surface area (Å²) in [6.45, 7) is 2.08. The third kappa shape index (κ3) is 2.78. The number of halogens is 2. The van der Waals surface area contributed by atoms with Gasteiger partial charge < -0.3 is 9.47 Å². The third-order valence-electron chi connectivity index (χ3n) is 3.14. The highest BCUT2D eigenvalue weighted by Crippen LogP contribution is 2.34. The van der Waals surface area contributed by atoms with Crippen molar-refractivity contribution < 1.29 is 9.47 Å². The van der Waals surface area contributed by atoms with Crippen molar-refractivity contribution in [2.24, 2.45) is 0 Å². The van der Waals surface area contributed by atoms with Crippen LogP contribution in [0.15, 0.2) is 18.2 Å². The predicted octanol–water partition coefficient (Wildman–Crippen LogP) is 3.83. The zero-order chi connectivity index (χ0) is 12.4. The standard InChI is InChI=1S/C13H16BrClO2/c1-3-8-6-9(4-5-11(8)15)17-12-7-10(14)13(12)16-2/h4-6,10,12-13H,3,7H2,1-2H3. The van der Waals surface area contributed by atoms with Crippen LogP contribution in [0.3, 0.4) is 0 Å². The van der Waals surface area contributed by atoms with Gasteiger partial charge in [-0.2, -0.15) is 0 Å². The van der Waals surface area contributed by atoms with E-state index >= 15 is 0 Å². The summed E-state index contributed by atoms with van der Waals surface area (Å²) in [5.74, 6) is 0.873. The maximum Gasteiger partial charge on any atom is 0.127 e. The number of rotatable bonds is 4. The minimum Gasteiger partial charge on any atom is -0.488 e. The first-order chi connectivity index (χ1) is 8.15. The van der Waals surface area contributed by atoms with Crippen LogP contribution < -0.4 is 4.74 Å². The molecule has 0 N–H and O–H groups in total. The second-order valence-electron chi connectivity index (χ2n) is 4.22. The van der Waals surface area contributed by atoms with Gasteiger partial charge in [-0.1, -0.05) is 34.5 Å². The van der Waals surface area contributed by atoms with E-state index in [1.807, 2.05) is 18.2 Å². The van der Waals surface area contributed by atoms with Crippen LogP contribution in [0.25, 0.3) is 0 Å². The second-order valence-corrected chi connectivity index (χ2v) is 5.80. The van der Waals surface area contributed by atoms with Crippen LogP contribution >= 0.6 is 27.5 Å². The molecule has 94 valence electrons. The Balaban J connectivity index is 2.04. The quantitative estimate of drug-likeness (QED) is 0.785. The molecule has 1 aromatic carbocycles. The van der Waals surface area contributed by atoms with Crippen LogP contribution in [-0.4, -0.2) is 24.1 Å². The number of benzene rings is 1. The minimum absolute atomic E-state index is 0.134. The van der Waals surface area contributed by atoms with E-state index in [1.165, 1.54) is 0 Å². The van der Waals surface area contributed by atoms with Gasteiger partial charge in [0.1, 0.15) is 18.0 Å². The predicted molar refractivity (Wildman–Crippen MR) is 73.4 cm³/mol. The highest BCUT2D eigenvalue weighted by atomic mass is 79.9. The van der Waals surface area contributed by atoms with Gasteiger partial charge in [0, 0.05) is 23.4 Å². The molecule has 0 aliphatic heterocycles. The topological polar surface area (TPSA) is 18.5 Å². The van der Waals surface area contributed by atoms with Crippen LogP contribution in [0.1, 0.15) is 18.9 Å². The molecule has 0 radical (unpaired) electrons. The fraction of sp³-hybridized carbons (Fsp3) is 0.538. The summed E-state index contributed by atoms with van der Waals surface area (Å²) in [5.41, 5.74) is 1.12. The molecule has 1 saturated carbocycles. The van der Waals surface area contributed by atoms with Gasteiger partial charge >= 0.3 is 0 Å². The van der Waals surface area contributed by atoms with Crippen LogP contribution in [0, 0.1) is 0 Å². The van der Waals surface area contributed by atoms with Crippen molar-refractivity contribution in [1.82, 2.24) is 0 Å². The highest BCUT2D eigenvalue weighted by Gasteiger charge is 2.41. The van der Waals surface area contributed by atoms with E-state index in [0.717, 1.165) is 29.2 Å². The number of aryl methyl sites for hydroxylation is 1. The molecule has 1 aliphatic carbocycles. The van der Waals surface area contributed by atoms with Crippen LogP contribution in [-0.2, 0) is 11.2 Å². The molecular formula is C13H16BrClO2. The summed E-state index contributed by atoms with van der Waals surface area (Å²) in [6, 6.07) is 5.81. The Kier molecular flexibility index (Phi) is 4.34. The number of methoxy groups -OCH3 is 1. The molecular weight excluding hydrogens is 303 g/mol. The normalized spacial score (nSPS) is 27.6. The largest absolute Gasteiger partial charge is 0.488 e. The van der Waals surface area contributed by atoms with Crippen molar-refractivity contribution >= 4 is 27.5 Å². The first kappa shape index (κ1) is 13.2. The lowest BCUT2D eigenvalue weighted by atomic mass is 9.91. The zero-order valence-corrected chi connectivity index (χ0v) is 12.3. The molecule has 4 heteroatoms. The first-order valence-corrected chi connectivity index (χ1v) is 7.07. The maximum absolute atomic E-state index is 6.07. The lowest BCUT2D eigenvalue weighted by molar-refractivity contribution is -0.0545. The lowest BCUT2D eigenvalue weighted by Gasteiger charge is -2.40. The Morgan fingerprint density at radius 3 is 2.82 bits per heavy atom. The summed E-state index contributed by atoms with van der Waals surface area (Å²) in [5, 5.41) is 0.801. The molecule has 2 nitrogen and oxygen atoms in total. The molecule has 0 bridgehead atoms. The van der Waals surface area contributed by atoms with E-state index in [4.69, 9.17) is 21.1 Å². The van der Waals surface area contributed by atoms with Crippen molar-refractivity contribution in [3.05, 3.63) is 28.8 Å². The summed E-state index contributed by atoms with van der Waals surface area (Å²) < 4.78 is 11.3. The van der Waals surface area contributed by atoms with Crippen molar-refractivity contribution in [3.8, 4) is 5.75 Å². The zero-order valence-electron chi connectivity index (χ0n) is 9.95. The van der Waals surface area contributed by atoms with E-state index in [9.17, 15) is 0 Å². The molecule has 1 aromatic rings. The molecule has 3 atom stereocenters. The van der Waals surface area contributed by atoms with Gasteiger partial charge in [0.25, 0.3) is 0 Å². The molecule has 0 spiro atoms. The number of hydrogen-bond acceptors (Lipinski definition) is 2. The van der Waals surface area contributed by atoms with Crippen molar-refractivity contribution in [2.45, 2.75) is 36.8 Å². The smallest absolute Gasteiger partial charge is 0.127 e. The van der Waals surface area contributed by atoms with Gasteiger partial charge in [-0.25, -0.2) is 0 Å². The average molecular weight is 320 g/mol. The molecule has 0 heterocycles. The second kappa shape index (κ2) is 5.59. The highest BCUT2D eigenvalue weighted by molar-refractivity contribution is 9.09. The molecule has 0 aromatic heterocycles. The SMILES string of the molecule is CCc1cc(OC2CC(Br)C2OC)ccc1Cl. The number of alkyl halides is 1. The molecule has 0 saturated heterocycles. The fourth-order valence-electron chi connectivity index (χ4n) is 2.01. The summed E-state index contributed by atoms with van der Waals surface area (Å²) in [4.78, 5) is 0.399. The first-order valence-electron chi connectivity index (χ1n) is 5.77. The van der Waals surface area contributed by atoms with E-state index in [2.05, 4.69) is 22.9 Å². The van der Waals surface area contributed by atoms with Gasteiger partial charge in [0.05, 0.1) is 0 Å². The Bertz CT molecular complexity index is 397. The van der Waals surface area contributed by atoms with Crippen LogP contribution in [0.2, 0.25) is 5.02 Å². The van der Waals surface area contributed by atoms with E-state index in [0.29, 0.717) is 4.83 Å². The van der Waals surface area contributed by atoms with E-state index in [1.54, 1.807) is 7.11 Å². The Labute approximate surface area is 115 Å². The fourth-order valence-corrected chi connectivity index (χ4v) is 3.19. The van der Waals surface area contributed by atoms with Gasteiger partial charge in [0.2, 0.25) is 0 Å². The van der Waals surface area contributed by atoms with E-state index < -0.39 is 0 Å². The van der Waals surface area contributed by atoms with Gasteiger partial charge in [-0.3, -0.25) is 0 Å². The van der Waals surface area contributed by atoms with Crippen molar-refractivity contribution in [2.75, 3.05) is 7.11 Å². The molecule has 2 rings (SSSR count). The molecule has 3 unspecified atom stereocenters.